The van der Waals surface area contributed by atoms with Crippen LogP contribution in [0.25, 0.3) is 16.0 Å². The van der Waals surface area contributed by atoms with E-state index in [0.717, 1.165) is 20.7 Å². The number of rotatable bonds is 6. The number of nitrogens with zero attached hydrogens (tertiary/aromatic N) is 4. The molecule has 1 aromatic carbocycles. The SMILES string of the molecule is Cc1ccc(CNC(=O)Cn2nc3n(Cc4cccs4)c(=O)c4sccc4n3c2=O)cc1. The van der Waals surface area contributed by atoms with Crippen molar-refractivity contribution in [2.24, 2.45) is 0 Å². The van der Waals surface area contributed by atoms with Gasteiger partial charge in [-0.2, -0.15) is 0 Å². The Morgan fingerprint density at radius 2 is 1.88 bits per heavy atom. The highest BCUT2D eigenvalue weighted by molar-refractivity contribution is 7.17. The number of thiophene rings is 2. The molecule has 8 nitrogen and oxygen atoms in total. The molecule has 0 radical (unpaired) electrons. The highest BCUT2D eigenvalue weighted by Gasteiger charge is 2.19. The van der Waals surface area contributed by atoms with Gasteiger partial charge in [-0.05, 0) is 35.4 Å². The van der Waals surface area contributed by atoms with Gasteiger partial charge in [-0.1, -0.05) is 35.9 Å². The van der Waals surface area contributed by atoms with Gasteiger partial charge in [0.05, 0.1) is 12.1 Å². The summed E-state index contributed by atoms with van der Waals surface area (Å²) < 4.78 is 4.50. The van der Waals surface area contributed by atoms with E-state index in [1.54, 1.807) is 11.4 Å². The summed E-state index contributed by atoms with van der Waals surface area (Å²) in [5.74, 6) is -0.101. The van der Waals surface area contributed by atoms with Gasteiger partial charge in [-0.25, -0.2) is 13.9 Å². The first-order valence-electron chi connectivity index (χ1n) is 9.95. The van der Waals surface area contributed by atoms with Crippen LogP contribution in [0.2, 0.25) is 0 Å². The standard InChI is InChI=1S/C22H19N5O3S2/c1-14-4-6-15(7-5-14)11-23-18(28)13-26-22(30)27-17-8-10-32-19(17)20(29)25(21(27)24-26)12-16-3-2-9-31-16/h2-10H,11-13H2,1H3,(H,23,28). The normalized spacial score (nSPS) is 11.4. The van der Waals surface area contributed by atoms with E-state index in [-0.39, 0.29) is 23.8 Å². The van der Waals surface area contributed by atoms with Crippen LogP contribution in [0.15, 0.2) is 62.8 Å². The lowest BCUT2D eigenvalue weighted by Gasteiger charge is -2.06. The molecule has 4 aromatic heterocycles. The molecular formula is C22H19N5O3S2. The molecule has 0 saturated heterocycles. The van der Waals surface area contributed by atoms with E-state index in [4.69, 9.17) is 0 Å². The summed E-state index contributed by atoms with van der Waals surface area (Å²) in [6.45, 7) is 2.44. The predicted octanol–water partition coefficient (Wildman–Crippen LogP) is 2.61. The molecule has 0 atom stereocenters. The van der Waals surface area contributed by atoms with Crippen molar-refractivity contribution in [2.75, 3.05) is 0 Å². The van der Waals surface area contributed by atoms with E-state index in [2.05, 4.69) is 10.4 Å². The summed E-state index contributed by atoms with van der Waals surface area (Å²) in [4.78, 5) is 39.7. The summed E-state index contributed by atoms with van der Waals surface area (Å²) in [6.07, 6.45) is 0. The second kappa shape index (κ2) is 8.21. The maximum absolute atomic E-state index is 13.1. The van der Waals surface area contributed by atoms with E-state index in [9.17, 15) is 14.4 Å². The number of hydrogen-bond donors (Lipinski definition) is 1. The van der Waals surface area contributed by atoms with Crippen molar-refractivity contribution in [3.63, 3.8) is 0 Å². The van der Waals surface area contributed by atoms with E-state index in [0.29, 0.717) is 23.3 Å². The van der Waals surface area contributed by atoms with Crippen molar-refractivity contribution in [1.82, 2.24) is 24.1 Å². The van der Waals surface area contributed by atoms with E-state index >= 15 is 0 Å². The zero-order valence-corrected chi connectivity index (χ0v) is 18.8. The van der Waals surface area contributed by atoms with Crippen LogP contribution < -0.4 is 16.6 Å². The summed E-state index contributed by atoms with van der Waals surface area (Å²) in [5, 5.41) is 10.9. The number of aryl methyl sites for hydroxylation is 1. The highest BCUT2D eigenvalue weighted by Crippen LogP contribution is 2.18. The van der Waals surface area contributed by atoms with Gasteiger partial charge in [0.2, 0.25) is 11.7 Å². The zero-order chi connectivity index (χ0) is 22.2. The molecule has 0 saturated carbocycles. The summed E-state index contributed by atoms with van der Waals surface area (Å²) in [5.41, 5.74) is 1.97. The summed E-state index contributed by atoms with van der Waals surface area (Å²) >= 11 is 2.82. The minimum Gasteiger partial charge on any atom is -0.350 e. The second-order valence-corrected chi connectivity index (χ2v) is 9.39. The van der Waals surface area contributed by atoms with Gasteiger partial charge in [0.25, 0.3) is 5.56 Å². The molecule has 1 amide bonds. The maximum atomic E-state index is 13.1. The van der Waals surface area contributed by atoms with Crippen molar-refractivity contribution in [2.45, 2.75) is 26.6 Å². The fraction of sp³-hybridized carbons (Fsp3) is 0.182. The maximum Gasteiger partial charge on any atom is 0.352 e. The number of fused-ring (bicyclic) bond motifs is 3. The molecule has 32 heavy (non-hydrogen) atoms. The van der Waals surface area contributed by atoms with E-state index in [1.165, 1.54) is 31.6 Å². The monoisotopic (exact) mass is 465 g/mol. The number of amides is 1. The molecule has 10 heteroatoms. The number of benzene rings is 1. The van der Waals surface area contributed by atoms with Crippen molar-refractivity contribution in [3.05, 3.63) is 90.1 Å². The molecule has 0 aliphatic carbocycles. The molecule has 0 bridgehead atoms. The molecule has 4 heterocycles. The van der Waals surface area contributed by atoms with Crippen LogP contribution in [0.5, 0.6) is 0 Å². The van der Waals surface area contributed by atoms with Crippen LogP contribution in [0.1, 0.15) is 16.0 Å². The number of carbonyl (C=O) groups is 1. The average Bonchev–Trinajstić information content (AvgIpc) is 3.52. The quantitative estimate of drug-likeness (QED) is 0.417. The van der Waals surface area contributed by atoms with Crippen molar-refractivity contribution in [1.29, 1.82) is 0 Å². The van der Waals surface area contributed by atoms with Crippen molar-refractivity contribution < 1.29 is 4.79 Å². The molecule has 1 N–H and O–H groups in total. The minimum atomic E-state index is -0.450. The Morgan fingerprint density at radius 3 is 2.62 bits per heavy atom. The smallest absolute Gasteiger partial charge is 0.350 e. The molecular weight excluding hydrogens is 446 g/mol. The Hall–Kier alpha value is -3.50. The van der Waals surface area contributed by atoms with Crippen LogP contribution in [-0.2, 0) is 24.4 Å². The van der Waals surface area contributed by atoms with Gasteiger partial charge in [-0.15, -0.1) is 27.8 Å². The third-order valence-corrected chi connectivity index (χ3v) is 6.94. The number of nitrogens with one attached hydrogen (secondary N) is 1. The van der Waals surface area contributed by atoms with Crippen LogP contribution in [0.4, 0.5) is 0 Å². The van der Waals surface area contributed by atoms with Crippen LogP contribution in [0.3, 0.4) is 0 Å². The van der Waals surface area contributed by atoms with E-state index in [1.807, 2.05) is 48.7 Å². The molecule has 0 aliphatic rings. The third-order valence-electron chi connectivity index (χ3n) is 5.19. The van der Waals surface area contributed by atoms with Gasteiger partial charge in [0.1, 0.15) is 11.2 Å². The van der Waals surface area contributed by atoms with Crippen molar-refractivity contribution in [3.8, 4) is 0 Å². The Kier molecular flexibility index (Phi) is 5.24. The first kappa shape index (κ1) is 20.4. The van der Waals surface area contributed by atoms with Crippen LogP contribution >= 0.6 is 22.7 Å². The lowest BCUT2D eigenvalue weighted by atomic mass is 10.1. The summed E-state index contributed by atoms with van der Waals surface area (Å²) in [7, 11) is 0. The zero-order valence-electron chi connectivity index (χ0n) is 17.1. The molecule has 0 unspecified atom stereocenters. The molecule has 0 fully saturated rings. The Balaban J connectivity index is 1.49. The summed E-state index contributed by atoms with van der Waals surface area (Å²) in [6, 6.07) is 13.4. The first-order chi connectivity index (χ1) is 15.5. The van der Waals surface area contributed by atoms with Gasteiger partial charge in [-0.3, -0.25) is 14.2 Å². The van der Waals surface area contributed by atoms with Gasteiger partial charge in [0.15, 0.2) is 0 Å². The minimum absolute atomic E-state index is 0.197. The van der Waals surface area contributed by atoms with Crippen LogP contribution in [0, 0.1) is 6.92 Å². The third kappa shape index (κ3) is 3.67. The number of carbonyl (C=O) groups excluding carboxylic acids is 1. The first-order valence-corrected chi connectivity index (χ1v) is 11.7. The van der Waals surface area contributed by atoms with Crippen molar-refractivity contribution >= 4 is 44.6 Å². The van der Waals surface area contributed by atoms with E-state index < -0.39 is 5.69 Å². The predicted molar refractivity (Wildman–Crippen MR) is 126 cm³/mol. The molecule has 0 spiro atoms. The largest absolute Gasteiger partial charge is 0.352 e. The average molecular weight is 466 g/mol. The second-order valence-electron chi connectivity index (χ2n) is 7.44. The topological polar surface area (TPSA) is 90.4 Å². The Labute approximate surface area is 190 Å². The van der Waals surface area contributed by atoms with Crippen LogP contribution in [-0.4, -0.2) is 24.7 Å². The van der Waals surface area contributed by atoms with Gasteiger partial charge in [0, 0.05) is 11.4 Å². The molecule has 0 aliphatic heterocycles. The molecule has 162 valence electrons. The lowest BCUT2D eigenvalue weighted by molar-refractivity contribution is -0.122. The Bertz CT molecular complexity index is 1540. The number of aromatic nitrogens is 4. The fourth-order valence-electron chi connectivity index (χ4n) is 3.54. The Morgan fingerprint density at radius 1 is 1.06 bits per heavy atom. The molecule has 5 rings (SSSR count). The highest BCUT2D eigenvalue weighted by atomic mass is 32.1. The fourth-order valence-corrected chi connectivity index (χ4v) is 5.05. The lowest BCUT2D eigenvalue weighted by Crippen LogP contribution is -2.32. The molecule has 5 aromatic rings. The van der Waals surface area contributed by atoms with Gasteiger partial charge < -0.3 is 5.32 Å². The van der Waals surface area contributed by atoms with Gasteiger partial charge >= 0.3 is 5.69 Å². The number of hydrogen-bond acceptors (Lipinski definition) is 6.